The standard InChI is InChI=1S/C11H22/c1-8(2)10(5)11(6-7-11)9(3)4/h8-10H,6-7H2,1-5H3. The van der Waals surface area contributed by atoms with Crippen LogP contribution < -0.4 is 0 Å². The van der Waals surface area contributed by atoms with Crippen molar-refractivity contribution in [3.63, 3.8) is 0 Å². The summed E-state index contributed by atoms with van der Waals surface area (Å²) in [5.41, 5.74) is 0.730. The summed E-state index contributed by atoms with van der Waals surface area (Å²) in [6.45, 7) is 11.9. The van der Waals surface area contributed by atoms with E-state index in [0.29, 0.717) is 0 Å². The Balaban J connectivity index is 2.58. The molecular formula is C11H22. The van der Waals surface area contributed by atoms with Crippen molar-refractivity contribution in [1.82, 2.24) is 0 Å². The molecule has 0 amide bonds. The molecule has 66 valence electrons. The molecule has 1 unspecified atom stereocenters. The number of hydrogen-bond acceptors (Lipinski definition) is 0. The second-order valence-corrected chi connectivity index (χ2v) is 4.92. The molecule has 0 aromatic carbocycles. The molecule has 0 saturated heterocycles. The second-order valence-electron chi connectivity index (χ2n) is 4.92. The van der Waals surface area contributed by atoms with Gasteiger partial charge in [0.1, 0.15) is 0 Å². The Morgan fingerprint density at radius 3 is 1.45 bits per heavy atom. The van der Waals surface area contributed by atoms with Gasteiger partial charge in [0.2, 0.25) is 0 Å². The van der Waals surface area contributed by atoms with Crippen molar-refractivity contribution in [1.29, 1.82) is 0 Å². The Bertz CT molecular complexity index is 129. The van der Waals surface area contributed by atoms with Crippen LogP contribution in [0.4, 0.5) is 0 Å². The van der Waals surface area contributed by atoms with E-state index in [9.17, 15) is 0 Å². The fourth-order valence-corrected chi connectivity index (χ4v) is 2.37. The van der Waals surface area contributed by atoms with E-state index >= 15 is 0 Å². The van der Waals surface area contributed by atoms with E-state index in [-0.39, 0.29) is 0 Å². The van der Waals surface area contributed by atoms with Gasteiger partial charge in [-0.15, -0.1) is 0 Å². The fourth-order valence-electron chi connectivity index (χ4n) is 2.37. The molecule has 11 heavy (non-hydrogen) atoms. The van der Waals surface area contributed by atoms with Crippen LogP contribution in [0.3, 0.4) is 0 Å². The predicted molar refractivity (Wildman–Crippen MR) is 50.5 cm³/mol. The Hall–Kier alpha value is 0. The van der Waals surface area contributed by atoms with Crippen molar-refractivity contribution in [3.05, 3.63) is 0 Å². The Kier molecular flexibility index (Phi) is 2.32. The maximum atomic E-state index is 2.43. The molecule has 1 atom stereocenters. The molecule has 0 heterocycles. The second kappa shape index (κ2) is 2.80. The van der Waals surface area contributed by atoms with Gasteiger partial charge < -0.3 is 0 Å². The minimum absolute atomic E-state index is 0.730. The molecule has 0 heteroatoms. The molecule has 1 aliphatic carbocycles. The van der Waals surface area contributed by atoms with Gasteiger partial charge in [-0.1, -0.05) is 34.6 Å². The van der Waals surface area contributed by atoms with Crippen molar-refractivity contribution in [2.45, 2.75) is 47.5 Å². The van der Waals surface area contributed by atoms with Crippen LogP contribution in [0.5, 0.6) is 0 Å². The third kappa shape index (κ3) is 1.45. The normalized spacial score (nSPS) is 24.3. The van der Waals surface area contributed by atoms with Crippen LogP contribution >= 0.6 is 0 Å². The number of hydrogen-bond donors (Lipinski definition) is 0. The van der Waals surface area contributed by atoms with Crippen LogP contribution in [0, 0.1) is 23.2 Å². The zero-order chi connectivity index (χ0) is 8.65. The highest BCUT2D eigenvalue weighted by atomic mass is 14.5. The molecule has 0 bridgehead atoms. The Morgan fingerprint density at radius 2 is 1.36 bits per heavy atom. The molecule has 0 nitrogen and oxygen atoms in total. The fraction of sp³-hybridized carbons (Fsp3) is 1.00. The van der Waals surface area contributed by atoms with E-state index in [1.54, 1.807) is 0 Å². The van der Waals surface area contributed by atoms with E-state index in [1.165, 1.54) is 12.8 Å². The summed E-state index contributed by atoms with van der Waals surface area (Å²) in [4.78, 5) is 0. The molecule has 1 rings (SSSR count). The summed E-state index contributed by atoms with van der Waals surface area (Å²) < 4.78 is 0. The van der Waals surface area contributed by atoms with Gasteiger partial charge in [-0.05, 0) is 36.0 Å². The first kappa shape index (κ1) is 9.09. The van der Waals surface area contributed by atoms with Crippen LogP contribution in [0.25, 0.3) is 0 Å². The van der Waals surface area contributed by atoms with E-state index < -0.39 is 0 Å². The van der Waals surface area contributed by atoms with Crippen molar-refractivity contribution in [2.24, 2.45) is 23.2 Å². The van der Waals surface area contributed by atoms with Crippen LogP contribution in [0.2, 0.25) is 0 Å². The van der Waals surface area contributed by atoms with E-state index in [1.807, 2.05) is 0 Å². The highest BCUT2D eigenvalue weighted by Gasteiger charge is 2.49. The lowest BCUT2D eigenvalue weighted by atomic mass is 9.75. The summed E-state index contributed by atoms with van der Waals surface area (Å²) >= 11 is 0. The van der Waals surface area contributed by atoms with Gasteiger partial charge in [0.15, 0.2) is 0 Å². The molecule has 0 aromatic heterocycles. The number of rotatable bonds is 3. The molecule has 0 aromatic rings. The Labute approximate surface area is 71.4 Å². The smallest absolute Gasteiger partial charge is 0.0246 e. The zero-order valence-corrected chi connectivity index (χ0v) is 8.65. The Morgan fingerprint density at radius 1 is 0.909 bits per heavy atom. The maximum absolute atomic E-state index is 2.43. The van der Waals surface area contributed by atoms with Gasteiger partial charge in [-0.2, -0.15) is 0 Å². The average Bonchev–Trinajstić information content (AvgIpc) is 2.65. The molecule has 0 N–H and O–H groups in total. The van der Waals surface area contributed by atoms with Crippen LogP contribution in [0.15, 0.2) is 0 Å². The first-order chi connectivity index (χ1) is 5.00. The van der Waals surface area contributed by atoms with Crippen LogP contribution in [-0.4, -0.2) is 0 Å². The largest absolute Gasteiger partial charge is 0.0625 e. The molecule has 0 spiro atoms. The van der Waals surface area contributed by atoms with Gasteiger partial charge in [-0.3, -0.25) is 0 Å². The predicted octanol–water partition coefficient (Wildman–Crippen LogP) is 3.71. The van der Waals surface area contributed by atoms with Gasteiger partial charge in [-0.25, -0.2) is 0 Å². The molecular weight excluding hydrogens is 132 g/mol. The molecule has 0 radical (unpaired) electrons. The third-order valence-electron chi connectivity index (χ3n) is 3.88. The summed E-state index contributed by atoms with van der Waals surface area (Å²) in [6.07, 6.45) is 2.95. The monoisotopic (exact) mass is 154 g/mol. The summed E-state index contributed by atoms with van der Waals surface area (Å²) in [6, 6.07) is 0. The SMILES string of the molecule is CC(C)C(C)C1(C(C)C)CC1. The lowest BCUT2D eigenvalue weighted by Crippen LogP contribution is -2.23. The highest BCUT2D eigenvalue weighted by molar-refractivity contribution is 4.99. The quantitative estimate of drug-likeness (QED) is 0.581. The van der Waals surface area contributed by atoms with Crippen molar-refractivity contribution < 1.29 is 0 Å². The summed E-state index contributed by atoms with van der Waals surface area (Å²) in [5, 5.41) is 0. The minimum atomic E-state index is 0.730. The summed E-state index contributed by atoms with van der Waals surface area (Å²) in [7, 11) is 0. The molecule has 1 saturated carbocycles. The lowest BCUT2D eigenvalue weighted by molar-refractivity contribution is 0.189. The van der Waals surface area contributed by atoms with Gasteiger partial charge >= 0.3 is 0 Å². The molecule has 1 fully saturated rings. The van der Waals surface area contributed by atoms with E-state index in [0.717, 1.165) is 23.2 Å². The average molecular weight is 154 g/mol. The summed E-state index contributed by atoms with van der Waals surface area (Å²) in [5.74, 6) is 2.67. The van der Waals surface area contributed by atoms with E-state index in [2.05, 4.69) is 34.6 Å². The van der Waals surface area contributed by atoms with Crippen molar-refractivity contribution in [3.8, 4) is 0 Å². The van der Waals surface area contributed by atoms with Gasteiger partial charge in [0, 0.05) is 0 Å². The highest BCUT2D eigenvalue weighted by Crippen LogP contribution is 2.59. The zero-order valence-electron chi connectivity index (χ0n) is 8.65. The maximum Gasteiger partial charge on any atom is -0.0246 e. The van der Waals surface area contributed by atoms with Crippen LogP contribution in [0.1, 0.15) is 47.5 Å². The first-order valence-electron chi connectivity index (χ1n) is 5.00. The van der Waals surface area contributed by atoms with Gasteiger partial charge in [0.05, 0.1) is 0 Å². The van der Waals surface area contributed by atoms with Crippen molar-refractivity contribution in [2.75, 3.05) is 0 Å². The van der Waals surface area contributed by atoms with E-state index in [4.69, 9.17) is 0 Å². The van der Waals surface area contributed by atoms with Crippen LogP contribution in [-0.2, 0) is 0 Å². The minimum Gasteiger partial charge on any atom is -0.0625 e. The molecule has 1 aliphatic rings. The molecule has 0 aliphatic heterocycles. The van der Waals surface area contributed by atoms with Gasteiger partial charge in [0.25, 0.3) is 0 Å². The first-order valence-corrected chi connectivity index (χ1v) is 5.00. The lowest BCUT2D eigenvalue weighted by Gasteiger charge is -2.30. The third-order valence-corrected chi connectivity index (χ3v) is 3.88. The topological polar surface area (TPSA) is 0 Å². The van der Waals surface area contributed by atoms with Crippen molar-refractivity contribution >= 4 is 0 Å².